The second-order valence-electron chi connectivity index (χ2n) is 12.7. The van der Waals surface area contributed by atoms with Gasteiger partial charge in [-0.25, -0.2) is 0 Å². The molecule has 2 unspecified atom stereocenters. The monoisotopic (exact) mass is 548 g/mol. The van der Waals surface area contributed by atoms with Crippen LogP contribution in [0.4, 0.5) is 0 Å². The molecule has 0 bridgehead atoms. The van der Waals surface area contributed by atoms with E-state index in [1.165, 1.54) is 5.56 Å². The van der Waals surface area contributed by atoms with Crippen molar-refractivity contribution in [2.24, 2.45) is 11.8 Å². The molecule has 1 heterocycles. The maximum absolute atomic E-state index is 13.9. The number of methoxy groups -OCH3 is 1. The molecule has 0 saturated carbocycles. The van der Waals surface area contributed by atoms with Crippen LogP contribution >= 0.6 is 0 Å². The Kier molecular flexibility index (Phi) is 9.31. The molecule has 216 valence electrons. The average molecular weight is 549 g/mol. The molecular weight excluding hydrogens is 503 g/mol. The van der Waals surface area contributed by atoms with Gasteiger partial charge in [0.1, 0.15) is 11.8 Å². The summed E-state index contributed by atoms with van der Waals surface area (Å²) in [4.78, 5) is 27.5. The molecule has 1 aliphatic heterocycles. The van der Waals surface area contributed by atoms with Gasteiger partial charge in [0.05, 0.1) is 24.3 Å². The van der Waals surface area contributed by atoms with Crippen LogP contribution in [0.1, 0.15) is 71.1 Å². The Morgan fingerprint density at radius 3 is 2.30 bits per heavy atom. The Morgan fingerprint density at radius 1 is 1.00 bits per heavy atom. The predicted octanol–water partition coefficient (Wildman–Crippen LogP) is 4.69. The highest BCUT2D eigenvalue weighted by Gasteiger charge is 2.54. The van der Waals surface area contributed by atoms with E-state index in [4.69, 9.17) is 14.0 Å². The number of hydrogen-bond acceptors (Lipinski definition) is 5. The van der Waals surface area contributed by atoms with E-state index < -0.39 is 24.4 Å². The molecule has 2 amide bonds. The molecule has 4 rings (SSSR count). The molecule has 2 N–H and O–H groups in total. The highest BCUT2D eigenvalue weighted by molar-refractivity contribution is 6.48. The summed E-state index contributed by atoms with van der Waals surface area (Å²) in [6, 6.07) is 15.1. The number of rotatable bonds is 10. The highest BCUT2D eigenvalue weighted by Crippen LogP contribution is 2.38. The summed E-state index contributed by atoms with van der Waals surface area (Å²) in [5.74, 6) is 0.199. The Bertz CT molecular complexity index is 1150. The third kappa shape index (κ3) is 6.89. The number of carbonyl (C=O) groups is 2. The largest absolute Gasteiger partial charge is 0.496 e. The molecule has 0 spiro atoms. The molecule has 0 aromatic heterocycles. The topological polar surface area (TPSA) is 85.9 Å². The molecule has 0 radical (unpaired) electrons. The standard InChI is InChI=1S/C32H45BN2O5/c1-21(2)18-28(33-39-31(3,4)32(5,6)40-33)35-30(37)26(19-22-12-9-8-10-13-22)34-29(36)24-17-16-23-14-11-15-27(38-7)25(23)20-24/h8-15,21,24,26,28H,16-20H2,1-7H3,(H,34,36)(H,35,37)/t24?,26-,28?/m0/s1. The van der Waals surface area contributed by atoms with Gasteiger partial charge in [0, 0.05) is 12.3 Å². The molecule has 2 aromatic carbocycles. The van der Waals surface area contributed by atoms with Gasteiger partial charge in [-0.05, 0) is 82.1 Å². The van der Waals surface area contributed by atoms with Crippen molar-refractivity contribution in [1.82, 2.24) is 10.6 Å². The average Bonchev–Trinajstić information content (AvgIpc) is 3.13. The van der Waals surface area contributed by atoms with E-state index in [-0.39, 0.29) is 23.7 Å². The van der Waals surface area contributed by atoms with Crippen molar-refractivity contribution < 1.29 is 23.6 Å². The van der Waals surface area contributed by atoms with Crippen molar-refractivity contribution in [3.63, 3.8) is 0 Å². The Hall–Kier alpha value is -2.84. The molecule has 1 saturated heterocycles. The van der Waals surface area contributed by atoms with E-state index in [2.05, 4.69) is 30.5 Å². The van der Waals surface area contributed by atoms with Gasteiger partial charge in [0.15, 0.2) is 0 Å². The van der Waals surface area contributed by atoms with Crippen molar-refractivity contribution in [3.05, 3.63) is 65.2 Å². The molecule has 8 heteroatoms. The summed E-state index contributed by atoms with van der Waals surface area (Å²) in [5, 5.41) is 6.32. The molecule has 7 nitrogen and oxygen atoms in total. The Labute approximate surface area is 239 Å². The zero-order valence-corrected chi connectivity index (χ0v) is 25.1. The maximum Gasteiger partial charge on any atom is 0.481 e. The second kappa shape index (κ2) is 12.4. The molecule has 1 fully saturated rings. The number of benzene rings is 2. The van der Waals surface area contributed by atoms with Gasteiger partial charge in [0.2, 0.25) is 11.8 Å². The fourth-order valence-electron chi connectivity index (χ4n) is 5.60. The maximum atomic E-state index is 13.9. The van der Waals surface area contributed by atoms with Crippen molar-refractivity contribution in [3.8, 4) is 5.75 Å². The molecule has 2 aromatic rings. The number of carbonyl (C=O) groups excluding carboxylic acids is 2. The van der Waals surface area contributed by atoms with Gasteiger partial charge < -0.3 is 24.7 Å². The molecule has 3 atom stereocenters. The lowest BCUT2D eigenvalue weighted by molar-refractivity contribution is -0.131. The molecular formula is C32H45BN2O5. The normalized spacial score (nSPS) is 20.9. The summed E-state index contributed by atoms with van der Waals surface area (Å²) >= 11 is 0. The summed E-state index contributed by atoms with van der Waals surface area (Å²) in [5.41, 5.74) is 2.27. The summed E-state index contributed by atoms with van der Waals surface area (Å²) in [6.07, 6.45) is 3.21. The van der Waals surface area contributed by atoms with Crippen molar-refractivity contribution in [2.45, 2.75) is 96.8 Å². The first-order valence-corrected chi connectivity index (χ1v) is 14.5. The first-order valence-electron chi connectivity index (χ1n) is 14.5. The Balaban J connectivity index is 1.52. The third-order valence-electron chi connectivity index (χ3n) is 8.60. The number of hydrogen-bond donors (Lipinski definition) is 2. The van der Waals surface area contributed by atoms with Crippen LogP contribution in [0.25, 0.3) is 0 Å². The van der Waals surface area contributed by atoms with E-state index in [1.807, 2.05) is 70.2 Å². The fraction of sp³-hybridized carbons (Fsp3) is 0.562. The van der Waals surface area contributed by atoms with E-state index in [9.17, 15) is 9.59 Å². The summed E-state index contributed by atoms with van der Waals surface area (Å²) < 4.78 is 18.2. The quantitative estimate of drug-likeness (QED) is 0.421. The molecule has 1 aliphatic carbocycles. The zero-order chi connectivity index (χ0) is 29.1. The van der Waals surface area contributed by atoms with Gasteiger partial charge in [-0.15, -0.1) is 0 Å². The number of amides is 2. The smallest absolute Gasteiger partial charge is 0.481 e. The number of nitrogens with one attached hydrogen (secondary N) is 2. The van der Waals surface area contributed by atoms with Crippen LogP contribution in [-0.4, -0.2) is 49.2 Å². The minimum atomic E-state index is -0.731. The fourth-order valence-corrected chi connectivity index (χ4v) is 5.60. The zero-order valence-electron chi connectivity index (χ0n) is 25.1. The van der Waals surface area contributed by atoms with Crippen LogP contribution in [-0.2, 0) is 38.2 Å². The van der Waals surface area contributed by atoms with Crippen molar-refractivity contribution in [2.75, 3.05) is 7.11 Å². The van der Waals surface area contributed by atoms with Gasteiger partial charge in [0.25, 0.3) is 0 Å². The Morgan fingerprint density at radius 2 is 1.68 bits per heavy atom. The molecule has 2 aliphatic rings. The van der Waals surface area contributed by atoms with E-state index >= 15 is 0 Å². The molecule has 40 heavy (non-hydrogen) atoms. The van der Waals surface area contributed by atoms with Gasteiger partial charge in [-0.3, -0.25) is 9.59 Å². The highest BCUT2D eigenvalue weighted by atomic mass is 16.7. The van der Waals surface area contributed by atoms with Crippen LogP contribution in [0.3, 0.4) is 0 Å². The van der Waals surface area contributed by atoms with Crippen LogP contribution < -0.4 is 15.4 Å². The van der Waals surface area contributed by atoms with Gasteiger partial charge >= 0.3 is 7.12 Å². The van der Waals surface area contributed by atoms with E-state index in [1.54, 1.807) is 7.11 Å². The van der Waals surface area contributed by atoms with Crippen LogP contribution in [0, 0.1) is 11.8 Å². The number of aryl methyl sites for hydroxylation is 1. The minimum absolute atomic E-state index is 0.108. The van der Waals surface area contributed by atoms with Crippen LogP contribution in [0.15, 0.2) is 48.5 Å². The van der Waals surface area contributed by atoms with E-state index in [0.29, 0.717) is 25.2 Å². The van der Waals surface area contributed by atoms with Gasteiger partial charge in [-0.2, -0.15) is 0 Å². The first kappa shape index (κ1) is 30.1. The number of ether oxygens (including phenoxy) is 1. The summed E-state index contributed by atoms with van der Waals surface area (Å²) in [7, 11) is 1.08. The van der Waals surface area contributed by atoms with Crippen LogP contribution in [0.2, 0.25) is 0 Å². The lowest BCUT2D eigenvalue weighted by Gasteiger charge is -2.32. The van der Waals surface area contributed by atoms with Crippen LogP contribution in [0.5, 0.6) is 5.75 Å². The predicted molar refractivity (Wildman–Crippen MR) is 158 cm³/mol. The lowest BCUT2D eigenvalue weighted by Crippen LogP contribution is -2.56. The van der Waals surface area contributed by atoms with Crippen molar-refractivity contribution >= 4 is 18.9 Å². The SMILES string of the molecule is COc1cccc2c1CC(C(=O)N[C@@H](Cc1ccccc1)C(=O)NC(CC(C)C)B1OC(C)(C)C(C)(C)O1)CC2. The first-order chi connectivity index (χ1) is 18.9. The third-order valence-corrected chi connectivity index (χ3v) is 8.60. The number of fused-ring (bicyclic) bond motifs is 1. The van der Waals surface area contributed by atoms with Gasteiger partial charge in [-0.1, -0.05) is 56.3 Å². The lowest BCUT2D eigenvalue weighted by atomic mass is 9.73. The summed E-state index contributed by atoms with van der Waals surface area (Å²) in [6.45, 7) is 12.3. The second-order valence-corrected chi connectivity index (χ2v) is 12.7. The van der Waals surface area contributed by atoms with E-state index in [0.717, 1.165) is 29.7 Å². The van der Waals surface area contributed by atoms with Crippen molar-refractivity contribution in [1.29, 1.82) is 0 Å². The minimum Gasteiger partial charge on any atom is -0.496 e.